The predicted octanol–water partition coefficient (Wildman–Crippen LogP) is 7.28. The molecule has 1 unspecified atom stereocenters. The van der Waals surface area contributed by atoms with Gasteiger partial charge in [0.05, 0.1) is 18.2 Å². The molecule has 2 aliphatic heterocycles. The van der Waals surface area contributed by atoms with Crippen LogP contribution in [0.4, 0.5) is 4.39 Å². The molecule has 43 heavy (non-hydrogen) atoms. The molecule has 2 aliphatic rings. The first-order valence-corrected chi connectivity index (χ1v) is 15.5. The fourth-order valence-corrected chi connectivity index (χ4v) is 7.35. The number of rotatable bonds is 11. The van der Waals surface area contributed by atoms with E-state index in [-0.39, 0.29) is 24.1 Å². The number of methoxy groups -OCH3 is 1. The third kappa shape index (κ3) is 6.48. The Balaban J connectivity index is 1.09. The number of carbonyl (C=O) groups excluding carboxylic acids is 2. The molecule has 3 aromatic carbocycles. The molecule has 0 saturated carbocycles. The number of nitrogens with zero attached hydrogens (tertiary/aromatic N) is 2. The number of benzene rings is 3. The summed E-state index contributed by atoms with van der Waals surface area (Å²) in [6.07, 6.45) is 7.91. The monoisotopic (exact) mass is 601 g/mol. The van der Waals surface area contributed by atoms with Gasteiger partial charge in [0.2, 0.25) is 0 Å². The standard InChI is InChI=1S/C35H37ClFN3O3/c1-43-33-11-4-10-30-31(35(42)38-21-23-6-2-9-27(37)16-23)22-39(34(30)33)14-5-15-40-28-12-13-29(40)18-24(17-28)19-32(41)25-7-3-8-26(36)20-25/h2-4,6-11,16,20,22,24,28-29H,5,12-15,17-19,21H2,1H3,(H,38,42)/t24?,28-,29+. The number of ketones is 1. The average molecular weight is 602 g/mol. The van der Waals surface area contributed by atoms with E-state index in [2.05, 4.69) is 14.8 Å². The van der Waals surface area contributed by atoms with Gasteiger partial charge in [0.1, 0.15) is 11.6 Å². The Labute approximate surface area is 256 Å². The van der Waals surface area contributed by atoms with E-state index < -0.39 is 0 Å². The fraction of sp³-hybridized carbons (Fsp3) is 0.371. The summed E-state index contributed by atoms with van der Waals surface area (Å²) in [5, 5.41) is 4.38. The molecule has 0 aliphatic carbocycles. The Bertz CT molecular complexity index is 1620. The summed E-state index contributed by atoms with van der Waals surface area (Å²) in [4.78, 5) is 28.8. The summed E-state index contributed by atoms with van der Waals surface area (Å²) in [5.41, 5.74) is 2.90. The molecule has 6 rings (SSSR count). The van der Waals surface area contributed by atoms with Crippen LogP contribution in [0.2, 0.25) is 5.02 Å². The first kappa shape index (κ1) is 29.4. The molecule has 1 N–H and O–H groups in total. The van der Waals surface area contributed by atoms with Crippen molar-refractivity contribution in [3.8, 4) is 5.75 Å². The van der Waals surface area contributed by atoms with Crippen LogP contribution in [0.15, 0.2) is 72.9 Å². The lowest BCUT2D eigenvalue weighted by Gasteiger charge is -2.39. The van der Waals surface area contributed by atoms with Gasteiger partial charge in [-0.05, 0) is 73.9 Å². The minimum absolute atomic E-state index is 0.185. The zero-order valence-electron chi connectivity index (χ0n) is 24.4. The topological polar surface area (TPSA) is 63.6 Å². The van der Waals surface area contributed by atoms with E-state index in [1.54, 1.807) is 31.4 Å². The highest BCUT2D eigenvalue weighted by atomic mass is 35.5. The van der Waals surface area contributed by atoms with Crippen molar-refractivity contribution in [3.63, 3.8) is 0 Å². The number of hydrogen-bond donors (Lipinski definition) is 1. The lowest BCUT2D eigenvalue weighted by molar-refractivity contribution is 0.0807. The maximum atomic E-state index is 13.6. The number of nitrogens with one attached hydrogen (secondary N) is 1. The summed E-state index contributed by atoms with van der Waals surface area (Å²) in [6, 6.07) is 20.3. The van der Waals surface area contributed by atoms with Gasteiger partial charge in [-0.1, -0.05) is 48.0 Å². The van der Waals surface area contributed by atoms with Gasteiger partial charge in [-0.15, -0.1) is 0 Å². The van der Waals surface area contributed by atoms with Gasteiger partial charge in [0.25, 0.3) is 5.91 Å². The van der Waals surface area contributed by atoms with Crippen LogP contribution in [0.5, 0.6) is 5.75 Å². The maximum absolute atomic E-state index is 13.6. The highest BCUT2D eigenvalue weighted by Crippen LogP contribution is 2.40. The van der Waals surface area contributed by atoms with Crippen molar-refractivity contribution in [2.24, 2.45) is 5.92 Å². The predicted molar refractivity (Wildman–Crippen MR) is 167 cm³/mol. The average Bonchev–Trinajstić information content (AvgIpc) is 3.49. The van der Waals surface area contributed by atoms with E-state index in [1.807, 2.05) is 36.5 Å². The van der Waals surface area contributed by atoms with E-state index in [4.69, 9.17) is 16.3 Å². The molecule has 3 heterocycles. The van der Waals surface area contributed by atoms with Crippen molar-refractivity contribution in [2.45, 2.75) is 63.7 Å². The Hall–Kier alpha value is -3.68. The molecule has 2 fully saturated rings. The van der Waals surface area contributed by atoms with Crippen LogP contribution in [0.1, 0.15) is 64.8 Å². The molecule has 3 atom stereocenters. The lowest BCUT2D eigenvalue weighted by Crippen LogP contribution is -2.43. The number of amides is 1. The van der Waals surface area contributed by atoms with Crippen molar-refractivity contribution in [1.82, 2.24) is 14.8 Å². The van der Waals surface area contributed by atoms with Crippen LogP contribution in [0.3, 0.4) is 0 Å². The van der Waals surface area contributed by atoms with E-state index in [1.165, 1.54) is 25.0 Å². The summed E-state index contributed by atoms with van der Waals surface area (Å²) in [7, 11) is 1.65. The lowest BCUT2D eigenvalue weighted by atomic mass is 9.85. The molecule has 6 nitrogen and oxygen atoms in total. The molecule has 8 heteroatoms. The van der Waals surface area contributed by atoms with E-state index >= 15 is 0 Å². The van der Waals surface area contributed by atoms with E-state index in [0.29, 0.717) is 46.1 Å². The molecule has 0 radical (unpaired) electrons. The summed E-state index contributed by atoms with van der Waals surface area (Å²) in [6.45, 7) is 1.97. The molecule has 0 spiro atoms. The first-order valence-electron chi connectivity index (χ1n) is 15.1. The largest absolute Gasteiger partial charge is 0.495 e. The normalized spacial score (nSPS) is 19.9. The van der Waals surface area contributed by atoms with Crippen LogP contribution in [-0.4, -0.2) is 46.9 Å². The smallest absolute Gasteiger partial charge is 0.253 e. The maximum Gasteiger partial charge on any atom is 0.253 e. The third-order valence-corrected chi connectivity index (χ3v) is 9.32. The minimum Gasteiger partial charge on any atom is -0.495 e. The molecule has 4 aromatic rings. The first-order chi connectivity index (χ1) is 20.9. The molecule has 1 amide bonds. The van der Waals surface area contributed by atoms with Crippen molar-refractivity contribution in [3.05, 3.63) is 100 Å². The van der Waals surface area contributed by atoms with Crippen molar-refractivity contribution in [2.75, 3.05) is 13.7 Å². The van der Waals surface area contributed by atoms with Gasteiger partial charge in [0, 0.05) is 60.3 Å². The summed E-state index contributed by atoms with van der Waals surface area (Å²) < 4.78 is 21.4. The van der Waals surface area contributed by atoms with Crippen LogP contribution in [-0.2, 0) is 13.1 Å². The molecule has 2 bridgehead atoms. The zero-order chi connectivity index (χ0) is 29.9. The number of ether oxygens (including phenoxy) is 1. The quantitative estimate of drug-likeness (QED) is 0.184. The molecule has 1 aromatic heterocycles. The second-order valence-corrected chi connectivity index (χ2v) is 12.3. The van der Waals surface area contributed by atoms with E-state index in [9.17, 15) is 14.0 Å². The third-order valence-electron chi connectivity index (χ3n) is 9.09. The number of piperidine rings is 1. The number of para-hydroxylation sites is 1. The number of halogens is 2. The summed E-state index contributed by atoms with van der Waals surface area (Å²) in [5.74, 6) is 0.799. The minimum atomic E-state index is -0.322. The van der Waals surface area contributed by atoms with Crippen molar-refractivity contribution < 1.29 is 18.7 Å². The number of aryl methyl sites for hydroxylation is 1. The van der Waals surface area contributed by atoms with Gasteiger partial charge >= 0.3 is 0 Å². The number of Topliss-reactive ketones (excluding diaryl/α,β-unsaturated/α-hetero) is 1. The summed E-state index contributed by atoms with van der Waals surface area (Å²) >= 11 is 6.11. The molecular weight excluding hydrogens is 565 g/mol. The van der Waals surface area contributed by atoms with E-state index in [0.717, 1.165) is 49.0 Å². The van der Waals surface area contributed by atoms with Crippen LogP contribution in [0.25, 0.3) is 10.9 Å². The zero-order valence-corrected chi connectivity index (χ0v) is 25.2. The number of carbonyl (C=O) groups is 2. The van der Waals surface area contributed by atoms with Crippen LogP contribution >= 0.6 is 11.6 Å². The Morgan fingerprint density at radius 3 is 2.51 bits per heavy atom. The number of aromatic nitrogens is 1. The van der Waals surface area contributed by atoms with Crippen molar-refractivity contribution in [1.29, 1.82) is 0 Å². The molecule has 224 valence electrons. The SMILES string of the molecule is COc1cccc2c(C(=O)NCc3cccc(F)c3)cn(CCCN3[C@@H]4CC[C@H]3CC(CC(=O)c3cccc(Cl)c3)C4)c12. The second-order valence-electron chi connectivity index (χ2n) is 11.9. The Kier molecular flexibility index (Phi) is 8.82. The number of fused-ring (bicyclic) bond motifs is 3. The highest BCUT2D eigenvalue weighted by molar-refractivity contribution is 6.31. The Morgan fingerprint density at radius 1 is 1.00 bits per heavy atom. The number of hydrogen-bond acceptors (Lipinski definition) is 4. The van der Waals surface area contributed by atoms with Gasteiger partial charge in [-0.25, -0.2) is 4.39 Å². The molecular formula is C35H37ClFN3O3. The highest BCUT2D eigenvalue weighted by Gasteiger charge is 2.40. The van der Waals surface area contributed by atoms with Crippen LogP contribution in [0, 0.1) is 11.7 Å². The van der Waals surface area contributed by atoms with Gasteiger partial charge < -0.3 is 14.6 Å². The Morgan fingerprint density at radius 2 is 1.77 bits per heavy atom. The van der Waals surface area contributed by atoms with Crippen molar-refractivity contribution >= 4 is 34.2 Å². The van der Waals surface area contributed by atoms with Gasteiger partial charge in [-0.3, -0.25) is 14.5 Å². The van der Waals surface area contributed by atoms with Gasteiger partial charge in [0.15, 0.2) is 5.78 Å². The molecule has 2 saturated heterocycles. The fourth-order valence-electron chi connectivity index (χ4n) is 7.16. The van der Waals surface area contributed by atoms with Crippen LogP contribution < -0.4 is 10.1 Å². The van der Waals surface area contributed by atoms with Gasteiger partial charge in [-0.2, -0.15) is 0 Å². The second kappa shape index (κ2) is 12.9.